The van der Waals surface area contributed by atoms with E-state index < -0.39 is 0 Å². The van der Waals surface area contributed by atoms with E-state index >= 15 is 0 Å². The van der Waals surface area contributed by atoms with Crippen LogP contribution in [0.3, 0.4) is 0 Å². The summed E-state index contributed by atoms with van der Waals surface area (Å²) >= 11 is 1.07. The Morgan fingerprint density at radius 1 is 1.83 bits per heavy atom. The lowest BCUT2D eigenvalue weighted by molar-refractivity contribution is -0.116. The van der Waals surface area contributed by atoms with Gasteiger partial charge in [-0.05, 0) is 6.42 Å². The summed E-state index contributed by atoms with van der Waals surface area (Å²) in [5.74, 6) is 0.469. The quantitative estimate of drug-likeness (QED) is 0.719. The molecule has 0 unspecified atom stereocenters. The van der Waals surface area contributed by atoms with Gasteiger partial charge in [-0.2, -0.15) is 8.75 Å². The minimum Gasteiger partial charge on any atom is -0.308 e. The van der Waals surface area contributed by atoms with Gasteiger partial charge in [0.1, 0.15) is 0 Å². The van der Waals surface area contributed by atoms with Crippen LogP contribution in [-0.4, -0.2) is 14.7 Å². The summed E-state index contributed by atoms with van der Waals surface area (Å²) < 4.78 is 7.59. The van der Waals surface area contributed by atoms with Crippen LogP contribution in [-0.2, 0) is 4.79 Å². The Bertz CT molecular complexity index is 258. The molecular formula is C7H9N3OS. The molecule has 1 amide bonds. The van der Waals surface area contributed by atoms with Gasteiger partial charge in [0.05, 0.1) is 17.9 Å². The zero-order valence-electron chi connectivity index (χ0n) is 6.49. The molecule has 0 radical (unpaired) electrons. The van der Waals surface area contributed by atoms with E-state index in [-0.39, 0.29) is 5.91 Å². The number of hydrogen-bond acceptors (Lipinski definition) is 4. The molecular weight excluding hydrogens is 174 g/mol. The largest absolute Gasteiger partial charge is 0.308 e. The van der Waals surface area contributed by atoms with Crippen molar-refractivity contribution in [2.24, 2.45) is 0 Å². The highest BCUT2D eigenvalue weighted by Crippen LogP contribution is 2.02. The van der Waals surface area contributed by atoms with Crippen LogP contribution in [0.4, 0.5) is 5.82 Å². The number of nitrogens with one attached hydrogen (secondary N) is 1. The summed E-state index contributed by atoms with van der Waals surface area (Å²) in [6.45, 7) is 3.52. The molecule has 1 aromatic heterocycles. The molecule has 4 nitrogen and oxygen atoms in total. The van der Waals surface area contributed by atoms with E-state index in [9.17, 15) is 4.79 Å². The Morgan fingerprint density at radius 3 is 3.25 bits per heavy atom. The third kappa shape index (κ3) is 2.79. The zero-order chi connectivity index (χ0) is 8.81. The maximum atomic E-state index is 11.0. The molecule has 0 fully saturated rings. The first-order valence-corrected chi connectivity index (χ1v) is 4.24. The van der Waals surface area contributed by atoms with Gasteiger partial charge < -0.3 is 5.32 Å². The van der Waals surface area contributed by atoms with Crippen molar-refractivity contribution in [2.45, 2.75) is 12.8 Å². The second-order valence-corrected chi connectivity index (χ2v) is 2.72. The van der Waals surface area contributed by atoms with E-state index in [1.807, 2.05) is 0 Å². The molecule has 0 bridgehead atoms. The lowest BCUT2D eigenvalue weighted by Crippen LogP contribution is -2.10. The van der Waals surface area contributed by atoms with Crippen LogP contribution in [0.5, 0.6) is 0 Å². The number of carbonyl (C=O) groups is 1. The first-order valence-electron chi connectivity index (χ1n) is 3.51. The Morgan fingerprint density at radius 2 is 2.67 bits per heavy atom. The number of allylic oxidation sites excluding steroid dienone is 1. The second kappa shape index (κ2) is 4.61. The van der Waals surface area contributed by atoms with Crippen LogP contribution >= 0.6 is 11.7 Å². The number of aromatic nitrogens is 2. The topological polar surface area (TPSA) is 54.9 Å². The number of hydrogen-bond donors (Lipinski definition) is 1. The average Bonchev–Trinajstić information content (AvgIpc) is 2.53. The molecule has 64 valence electrons. The van der Waals surface area contributed by atoms with Crippen molar-refractivity contribution in [1.82, 2.24) is 8.75 Å². The third-order valence-corrected chi connectivity index (χ3v) is 1.68. The molecule has 0 saturated carbocycles. The van der Waals surface area contributed by atoms with Crippen molar-refractivity contribution in [3.63, 3.8) is 0 Å². The van der Waals surface area contributed by atoms with Crippen molar-refractivity contribution in [3.8, 4) is 0 Å². The molecule has 5 heteroatoms. The normalized spacial score (nSPS) is 9.33. The summed E-state index contributed by atoms with van der Waals surface area (Å²) in [7, 11) is 0. The van der Waals surface area contributed by atoms with Gasteiger partial charge in [0.15, 0.2) is 5.82 Å². The van der Waals surface area contributed by atoms with Gasteiger partial charge >= 0.3 is 0 Å². The number of carbonyl (C=O) groups excluding carboxylic acids is 1. The number of anilines is 1. The van der Waals surface area contributed by atoms with Crippen molar-refractivity contribution in [2.75, 3.05) is 5.32 Å². The van der Waals surface area contributed by atoms with E-state index in [1.54, 1.807) is 6.08 Å². The molecule has 1 heterocycles. The van der Waals surface area contributed by atoms with E-state index in [4.69, 9.17) is 0 Å². The first kappa shape index (κ1) is 8.86. The van der Waals surface area contributed by atoms with Crippen molar-refractivity contribution in [1.29, 1.82) is 0 Å². The summed E-state index contributed by atoms with van der Waals surface area (Å²) in [6.07, 6.45) is 4.36. The molecule has 1 N–H and O–H groups in total. The minimum absolute atomic E-state index is 0.0531. The van der Waals surface area contributed by atoms with E-state index in [0.717, 1.165) is 11.7 Å². The van der Waals surface area contributed by atoms with Gasteiger partial charge in [-0.3, -0.25) is 4.79 Å². The summed E-state index contributed by atoms with van der Waals surface area (Å²) in [5, 5.41) is 2.61. The fourth-order valence-corrected chi connectivity index (χ4v) is 1.03. The maximum Gasteiger partial charge on any atom is 0.225 e. The highest BCUT2D eigenvalue weighted by molar-refractivity contribution is 6.99. The standard InChI is InChI=1S/C7H9N3OS/c1-2-3-4-7(11)9-6-5-8-12-10-6/h2,5H,1,3-4H2,(H,9,10,11). The predicted molar refractivity (Wildman–Crippen MR) is 48.0 cm³/mol. The molecule has 12 heavy (non-hydrogen) atoms. The van der Waals surface area contributed by atoms with Gasteiger partial charge in [0, 0.05) is 6.42 Å². The van der Waals surface area contributed by atoms with Crippen molar-refractivity contribution < 1.29 is 4.79 Å². The molecule has 0 spiro atoms. The fraction of sp³-hybridized carbons (Fsp3) is 0.286. The summed E-state index contributed by atoms with van der Waals surface area (Å²) in [6, 6.07) is 0. The number of nitrogens with zero attached hydrogens (tertiary/aromatic N) is 2. The molecule has 0 aliphatic rings. The molecule has 0 aliphatic heterocycles. The van der Waals surface area contributed by atoms with Crippen LogP contribution in [0.15, 0.2) is 18.9 Å². The molecule has 0 atom stereocenters. The SMILES string of the molecule is C=CCCC(=O)Nc1cnsn1. The average molecular weight is 183 g/mol. The van der Waals surface area contributed by atoms with Crippen LogP contribution in [0.25, 0.3) is 0 Å². The van der Waals surface area contributed by atoms with Crippen LogP contribution < -0.4 is 5.32 Å². The lowest BCUT2D eigenvalue weighted by Gasteiger charge is -1.97. The van der Waals surface area contributed by atoms with Gasteiger partial charge in [0.2, 0.25) is 5.91 Å². The molecule has 0 aliphatic carbocycles. The van der Waals surface area contributed by atoms with Gasteiger partial charge in [0.25, 0.3) is 0 Å². The zero-order valence-corrected chi connectivity index (χ0v) is 7.30. The van der Waals surface area contributed by atoms with Crippen LogP contribution in [0.1, 0.15) is 12.8 Å². The highest BCUT2D eigenvalue weighted by atomic mass is 32.1. The smallest absolute Gasteiger partial charge is 0.225 e. The Kier molecular flexibility index (Phi) is 3.40. The molecule has 0 saturated heterocycles. The van der Waals surface area contributed by atoms with Crippen LogP contribution in [0.2, 0.25) is 0 Å². The van der Waals surface area contributed by atoms with E-state index in [2.05, 4.69) is 20.6 Å². The van der Waals surface area contributed by atoms with Gasteiger partial charge in [-0.1, -0.05) is 6.08 Å². The number of amides is 1. The fourth-order valence-electron chi connectivity index (χ4n) is 0.658. The second-order valence-electron chi connectivity index (χ2n) is 2.17. The highest BCUT2D eigenvalue weighted by Gasteiger charge is 2.01. The van der Waals surface area contributed by atoms with E-state index in [0.29, 0.717) is 18.7 Å². The maximum absolute atomic E-state index is 11.0. The van der Waals surface area contributed by atoms with Gasteiger partial charge in [-0.15, -0.1) is 6.58 Å². The Labute approximate surface area is 74.6 Å². The Hall–Kier alpha value is -1.23. The molecule has 1 rings (SSSR count). The van der Waals surface area contributed by atoms with E-state index in [1.165, 1.54) is 6.20 Å². The lowest BCUT2D eigenvalue weighted by atomic mass is 10.3. The molecule has 1 aromatic rings. The summed E-state index contributed by atoms with van der Waals surface area (Å²) in [5.41, 5.74) is 0. The van der Waals surface area contributed by atoms with Crippen LogP contribution in [0, 0.1) is 0 Å². The summed E-state index contributed by atoms with van der Waals surface area (Å²) in [4.78, 5) is 11.0. The predicted octanol–water partition coefficient (Wildman–Crippen LogP) is 1.44. The Balaban J connectivity index is 2.32. The first-order chi connectivity index (χ1) is 5.83. The monoisotopic (exact) mass is 183 g/mol. The van der Waals surface area contributed by atoms with Gasteiger partial charge in [-0.25, -0.2) is 0 Å². The van der Waals surface area contributed by atoms with Crippen molar-refractivity contribution in [3.05, 3.63) is 18.9 Å². The number of rotatable bonds is 4. The molecule has 0 aromatic carbocycles. The third-order valence-electron chi connectivity index (χ3n) is 1.20. The van der Waals surface area contributed by atoms with Crippen molar-refractivity contribution >= 4 is 23.5 Å². The minimum atomic E-state index is -0.0531.